The molecule has 2 rings (SSSR count). The third-order valence-corrected chi connectivity index (χ3v) is 3.16. The molecule has 0 saturated heterocycles. The standard InChI is InChI=1S/C14H9BrF4O2/c15-9-4-5-11(12(16)7-9)13(20)8-2-1-3-10(6-8)21-14(17,18)19/h1-7,13,20H. The van der Waals surface area contributed by atoms with Crippen LogP contribution >= 0.6 is 15.9 Å². The van der Waals surface area contributed by atoms with E-state index in [-0.39, 0.29) is 11.1 Å². The molecule has 1 N–H and O–H groups in total. The zero-order valence-electron chi connectivity index (χ0n) is 10.4. The van der Waals surface area contributed by atoms with E-state index >= 15 is 0 Å². The van der Waals surface area contributed by atoms with Gasteiger partial charge in [-0.25, -0.2) is 4.39 Å². The van der Waals surface area contributed by atoms with Crippen molar-refractivity contribution in [2.45, 2.75) is 12.5 Å². The van der Waals surface area contributed by atoms with Crippen molar-refractivity contribution >= 4 is 15.9 Å². The Balaban J connectivity index is 2.31. The molecule has 0 heterocycles. The summed E-state index contributed by atoms with van der Waals surface area (Å²) in [6.45, 7) is 0. The van der Waals surface area contributed by atoms with Crippen LogP contribution in [0.4, 0.5) is 17.6 Å². The van der Waals surface area contributed by atoms with E-state index in [1.165, 1.54) is 24.3 Å². The number of rotatable bonds is 3. The molecule has 0 amide bonds. The molecular formula is C14H9BrF4O2. The van der Waals surface area contributed by atoms with Crippen LogP contribution in [0.5, 0.6) is 5.75 Å². The molecule has 1 atom stereocenters. The first kappa shape index (κ1) is 15.8. The van der Waals surface area contributed by atoms with E-state index in [0.29, 0.717) is 4.47 Å². The van der Waals surface area contributed by atoms with Gasteiger partial charge in [-0.15, -0.1) is 13.2 Å². The molecule has 2 aromatic carbocycles. The minimum Gasteiger partial charge on any atom is -0.406 e. The fourth-order valence-corrected chi connectivity index (χ4v) is 2.12. The SMILES string of the molecule is OC(c1cccc(OC(F)(F)F)c1)c1ccc(Br)cc1F. The molecule has 21 heavy (non-hydrogen) atoms. The van der Waals surface area contributed by atoms with E-state index in [4.69, 9.17) is 0 Å². The zero-order valence-corrected chi connectivity index (χ0v) is 12.0. The van der Waals surface area contributed by atoms with Gasteiger partial charge in [0.25, 0.3) is 0 Å². The Hall–Kier alpha value is -1.60. The van der Waals surface area contributed by atoms with Crippen molar-refractivity contribution in [2.75, 3.05) is 0 Å². The van der Waals surface area contributed by atoms with Crippen molar-refractivity contribution in [3.05, 3.63) is 63.9 Å². The average Bonchev–Trinajstić information content (AvgIpc) is 2.36. The Morgan fingerprint density at radius 2 is 1.81 bits per heavy atom. The molecule has 2 aromatic rings. The molecule has 0 aromatic heterocycles. The molecular weight excluding hydrogens is 356 g/mol. The van der Waals surface area contributed by atoms with Gasteiger partial charge in [-0.05, 0) is 29.8 Å². The lowest BCUT2D eigenvalue weighted by molar-refractivity contribution is -0.274. The number of hydrogen-bond donors (Lipinski definition) is 1. The Morgan fingerprint density at radius 3 is 2.43 bits per heavy atom. The van der Waals surface area contributed by atoms with Gasteiger partial charge in [0.1, 0.15) is 17.7 Å². The first-order valence-corrected chi connectivity index (χ1v) is 6.54. The van der Waals surface area contributed by atoms with Gasteiger partial charge >= 0.3 is 6.36 Å². The minimum absolute atomic E-state index is 0.0395. The van der Waals surface area contributed by atoms with Crippen molar-refractivity contribution in [1.82, 2.24) is 0 Å². The van der Waals surface area contributed by atoms with E-state index in [2.05, 4.69) is 20.7 Å². The van der Waals surface area contributed by atoms with Crippen molar-refractivity contribution in [3.63, 3.8) is 0 Å². The van der Waals surface area contributed by atoms with Crippen LogP contribution in [0.3, 0.4) is 0 Å². The second-order valence-corrected chi connectivity index (χ2v) is 5.10. The van der Waals surface area contributed by atoms with Gasteiger partial charge in [0.05, 0.1) is 0 Å². The number of benzene rings is 2. The first-order valence-electron chi connectivity index (χ1n) is 5.75. The van der Waals surface area contributed by atoms with Crippen LogP contribution in [0.15, 0.2) is 46.9 Å². The molecule has 0 aliphatic rings. The van der Waals surface area contributed by atoms with Crippen molar-refractivity contribution in [3.8, 4) is 5.75 Å². The maximum Gasteiger partial charge on any atom is 0.573 e. The molecule has 112 valence electrons. The van der Waals surface area contributed by atoms with Gasteiger partial charge in [0, 0.05) is 10.0 Å². The van der Waals surface area contributed by atoms with E-state index in [1.807, 2.05) is 0 Å². The molecule has 2 nitrogen and oxygen atoms in total. The summed E-state index contributed by atoms with van der Waals surface area (Å²) in [7, 11) is 0. The van der Waals surface area contributed by atoms with Gasteiger partial charge < -0.3 is 9.84 Å². The van der Waals surface area contributed by atoms with Gasteiger partial charge in [-0.1, -0.05) is 34.1 Å². The second kappa shape index (κ2) is 6.03. The lowest BCUT2D eigenvalue weighted by Crippen LogP contribution is -2.17. The summed E-state index contributed by atoms with van der Waals surface area (Å²) in [5, 5.41) is 10.1. The Kier molecular flexibility index (Phi) is 4.53. The number of alkyl halides is 3. The van der Waals surface area contributed by atoms with Gasteiger partial charge in [0.2, 0.25) is 0 Å². The number of ether oxygens (including phenoxy) is 1. The lowest BCUT2D eigenvalue weighted by Gasteiger charge is -2.15. The fraction of sp³-hybridized carbons (Fsp3) is 0.143. The highest BCUT2D eigenvalue weighted by molar-refractivity contribution is 9.10. The van der Waals surface area contributed by atoms with Crippen LogP contribution in [0.2, 0.25) is 0 Å². The minimum atomic E-state index is -4.83. The third-order valence-electron chi connectivity index (χ3n) is 2.66. The smallest absolute Gasteiger partial charge is 0.406 e. The van der Waals surface area contributed by atoms with Crippen LogP contribution in [0.25, 0.3) is 0 Å². The number of halogens is 5. The number of aliphatic hydroxyl groups is 1. The Bertz CT molecular complexity index is 643. The highest BCUT2D eigenvalue weighted by Gasteiger charge is 2.31. The Labute approximate surface area is 126 Å². The number of hydrogen-bond acceptors (Lipinski definition) is 2. The largest absolute Gasteiger partial charge is 0.573 e. The summed E-state index contributed by atoms with van der Waals surface area (Å²) in [6.07, 6.45) is -6.22. The molecule has 0 radical (unpaired) electrons. The highest BCUT2D eigenvalue weighted by atomic mass is 79.9. The fourth-order valence-electron chi connectivity index (χ4n) is 1.78. The molecule has 0 fully saturated rings. The lowest BCUT2D eigenvalue weighted by atomic mass is 10.0. The summed E-state index contributed by atoms with van der Waals surface area (Å²) in [6, 6.07) is 8.82. The zero-order chi connectivity index (χ0) is 15.6. The van der Waals surface area contributed by atoms with Crippen LogP contribution in [-0.2, 0) is 0 Å². The van der Waals surface area contributed by atoms with Crippen LogP contribution in [-0.4, -0.2) is 11.5 Å². The van der Waals surface area contributed by atoms with Crippen LogP contribution in [0, 0.1) is 5.82 Å². The quantitative estimate of drug-likeness (QED) is 0.808. The van der Waals surface area contributed by atoms with E-state index in [0.717, 1.165) is 18.2 Å². The second-order valence-electron chi connectivity index (χ2n) is 4.19. The number of aliphatic hydroxyl groups excluding tert-OH is 1. The summed E-state index contributed by atoms with van der Waals surface area (Å²) < 4.78 is 54.5. The van der Waals surface area contributed by atoms with Crippen molar-refractivity contribution in [2.24, 2.45) is 0 Å². The van der Waals surface area contributed by atoms with Gasteiger partial charge in [-0.3, -0.25) is 0 Å². The predicted molar refractivity (Wildman–Crippen MR) is 71.3 cm³/mol. The molecule has 1 unspecified atom stereocenters. The van der Waals surface area contributed by atoms with E-state index in [9.17, 15) is 22.7 Å². The first-order chi connectivity index (χ1) is 9.76. The van der Waals surface area contributed by atoms with Gasteiger partial charge in [-0.2, -0.15) is 0 Å². The normalized spacial score (nSPS) is 13.0. The topological polar surface area (TPSA) is 29.5 Å². The summed E-state index contributed by atoms with van der Waals surface area (Å²) >= 11 is 3.08. The maximum absolute atomic E-state index is 13.8. The van der Waals surface area contributed by atoms with Gasteiger partial charge in [0.15, 0.2) is 0 Å². The molecule has 0 bridgehead atoms. The molecule has 0 saturated carbocycles. The average molecular weight is 365 g/mol. The Morgan fingerprint density at radius 1 is 1.10 bits per heavy atom. The van der Waals surface area contributed by atoms with Crippen molar-refractivity contribution in [1.29, 1.82) is 0 Å². The van der Waals surface area contributed by atoms with E-state index < -0.39 is 24.0 Å². The molecule has 0 spiro atoms. The highest BCUT2D eigenvalue weighted by Crippen LogP contribution is 2.30. The summed E-state index contributed by atoms with van der Waals surface area (Å²) in [5.74, 6) is -1.14. The molecule has 0 aliphatic carbocycles. The van der Waals surface area contributed by atoms with Crippen LogP contribution < -0.4 is 4.74 Å². The molecule has 7 heteroatoms. The van der Waals surface area contributed by atoms with Crippen molar-refractivity contribution < 1.29 is 27.4 Å². The predicted octanol–water partition coefficient (Wildman–Crippen LogP) is 4.57. The monoisotopic (exact) mass is 364 g/mol. The summed E-state index contributed by atoms with van der Waals surface area (Å²) in [5.41, 5.74) is 0.0559. The third kappa shape index (κ3) is 4.18. The maximum atomic E-state index is 13.8. The van der Waals surface area contributed by atoms with E-state index in [1.54, 1.807) is 0 Å². The van der Waals surface area contributed by atoms with Crippen LogP contribution in [0.1, 0.15) is 17.2 Å². The molecule has 0 aliphatic heterocycles. The summed E-state index contributed by atoms with van der Waals surface area (Å²) in [4.78, 5) is 0.